The summed E-state index contributed by atoms with van der Waals surface area (Å²) in [5.74, 6) is -0.0645. The quantitative estimate of drug-likeness (QED) is 0.365. The van der Waals surface area contributed by atoms with Gasteiger partial charge in [0.05, 0.1) is 12.8 Å². The molecule has 1 aromatic rings. The van der Waals surface area contributed by atoms with Gasteiger partial charge in [-0.05, 0) is 31.3 Å². The van der Waals surface area contributed by atoms with E-state index in [1.807, 2.05) is 6.92 Å². The molecule has 0 saturated heterocycles. The molecule has 0 heterocycles. The summed E-state index contributed by atoms with van der Waals surface area (Å²) in [5.41, 5.74) is 3.09. The first kappa shape index (κ1) is 15.2. The molecule has 0 aliphatic rings. The van der Waals surface area contributed by atoms with E-state index in [2.05, 4.69) is 15.8 Å². The topological polar surface area (TPSA) is 86.1 Å². The van der Waals surface area contributed by atoms with E-state index in [0.29, 0.717) is 17.3 Å². The Labute approximate surface area is 117 Å². The number of ether oxygens (including phenoxy) is 1. The number of rotatable bonds is 5. The van der Waals surface area contributed by atoms with Gasteiger partial charge < -0.3 is 20.3 Å². The standard InChI is InChI=1S/C12H17N3O3S/c1-8(7-18-2)14-12(19)15-13-6-9-3-4-10(16)5-11(9)17/h3-6,8,16-17H,7H2,1-2H3,(H2,14,15,19)/b13-6+/t8-/m1/s1. The molecule has 0 saturated carbocycles. The van der Waals surface area contributed by atoms with Gasteiger partial charge in [0.25, 0.3) is 0 Å². The van der Waals surface area contributed by atoms with Crippen molar-refractivity contribution in [3.8, 4) is 11.5 Å². The number of phenols is 2. The first-order chi connectivity index (χ1) is 9.02. The van der Waals surface area contributed by atoms with Crippen molar-refractivity contribution in [1.82, 2.24) is 10.7 Å². The van der Waals surface area contributed by atoms with E-state index in [9.17, 15) is 5.11 Å². The monoisotopic (exact) mass is 283 g/mol. The minimum absolute atomic E-state index is 0.00631. The minimum atomic E-state index is -0.0582. The zero-order chi connectivity index (χ0) is 14.3. The summed E-state index contributed by atoms with van der Waals surface area (Å²) < 4.78 is 4.96. The minimum Gasteiger partial charge on any atom is -0.508 e. The van der Waals surface area contributed by atoms with Crippen molar-refractivity contribution in [2.75, 3.05) is 13.7 Å². The molecule has 0 unspecified atom stereocenters. The number of phenolic OH excluding ortho intramolecular Hbond substituents is 2. The summed E-state index contributed by atoms with van der Waals surface area (Å²) >= 11 is 5.02. The van der Waals surface area contributed by atoms with E-state index in [1.165, 1.54) is 18.3 Å². The van der Waals surface area contributed by atoms with E-state index in [0.717, 1.165) is 0 Å². The van der Waals surface area contributed by atoms with Gasteiger partial charge in [-0.25, -0.2) is 0 Å². The molecule has 1 atom stereocenters. The Kier molecular flexibility index (Phi) is 6.04. The van der Waals surface area contributed by atoms with Crippen LogP contribution in [-0.4, -0.2) is 41.3 Å². The van der Waals surface area contributed by atoms with Crippen LogP contribution >= 0.6 is 12.2 Å². The summed E-state index contributed by atoms with van der Waals surface area (Å²) in [7, 11) is 1.61. The van der Waals surface area contributed by atoms with E-state index >= 15 is 0 Å². The molecule has 0 radical (unpaired) electrons. The van der Waals surface area contributed by atoms with Crippen LogP contribution < -0.4 is 10.7 Å². The lowest BCUT2D eigenvalue weighted by Gasteiger charge is -2.13. The lowest BCUT2D eigenvalue weighted by molar-refractivity contribution is 0.179. The fourth-order valence-corrected chi connectivity index (χ4v) is 1.60. The fourth-order valence-electron chi connectivity index (χ4n) is 1.35. The van der Waals surface area contributed by atoms with Crippen molar-refractivity contribution >= 4 is 23.5 Å². The molecule has 7 heteroatoms. The Morgan fingerprint density at radius 1 is 1.53 bits per heavy atom. The SMILES string of the molecule is COC[C@@H](C)NC(=S)N/N=C/c1ccc(O)cc1O. The van der Waals surface area contributed by atoms with Crippen LogP contribution in [-0.2, 0) is 4.74 Å². The summed E-state index contributed by atoms with van der Waals surface area (Å²) in [6, 6.07) is 4.30. The third-order valence-corrected chi connectivity index (χ3v) is 2.39. The maximum Gasteiger partial charge on any atom is 0.187 e. The van der Waals surface area contributed by atoms with Crippen molar-refractivity contribution in [3.63, 3.8) is 0 Å². The number of aromatic hydroxyl groups is 2. The number of methoxy groups -OCH3 is 1. The molecule has 1 rings (SSSR count). The van der Waals surface area contributed by atoms with Crippen LogP contribution in [0.1, 0.15) is 12.5 Å². The number of nitrogens with one attached hydrogen (secondary N) is 2. The normalized spacial score (nSPS) is 12.3. The third kappa shape index (κ3) is 5.54. The van der Waals surface area contributed by atoms with Crippen molar-refractivity contribution in [2.45, 2.75) is 13.0 Å². The molecule has 0 aliphatic heterocycles. The van der Waals surface area contributed by atoms with E-state index in [4.69, 9.17) is 22.1 Å². The van der Waals surface area contributed by atoms with Gasteiger partial charge in [0, 0.05) is 24.8 Å². The molecular formula is C12H17N3O3S. The van der Waals surface area contributed by atoms with Gasteiger partial charge in [-0.1, -0.05) is 0 Å². The average Bonchev–Trinajstić information content (AvgIpc) is 2.32. The number of hydrazone groups is 1. The van der Waals surface area contributed by atoms with Crippen LogP contribution in [0, 0.1) is 0 Å². The molecule has 0 aromatic heterocycles. The van der Waals surface area contributed by atoms with Crippen molar-refractivity contribution in [1.29, 1.82) is 0 Å². The average molecular weight is 283 g/mol. The molecule has 19 heavy (non-hydrogen) atoms. The molecule has 0 fully saturated rings. The second kappa shape index (κ2) is 7.55. The Balaban J connectivity index is 2.47. The first-order valence-corrected chi connectivity index (χ1v) is 6.04. The highest BCUT2D eigenvalue weighted by Crippen LogP contribution is 2.20. The summed E-state index contributed by atoms with van der Waals surface area (Å²) in [4.78, 5) is 0. The van der Waals surface area contributed by atoms with Gasteiger partial charge in [-0.15, -0.1) is 0 Å². The van der Waals surface area contributed by atoms with Crippen molar-refractivity contribution in [3.05, 3.63) is 23.8 Å². The van der Waals surface area contributed by atoms with E-state index in [1.54, 1.807) is 13.2 Å². The highest BCUT2D eigenvalue weighted by Gasteiger charge is 2.02. The fraction of sp³-hybridized carbons (Fsp3) is 0.333. The lowest BCUT2D eigenvalue weighted by atomic mass is 10.2. The Morgan fingerprint density at radius 3 is 2.89 bits per heavy atom. The predicted molar refractivity (Wildman–Crippen MR) is 77.6 cm³/mol. The molecule has 0 spiro atoms. The smallest absolute Gasteiger partial charge is 0.187 e. The van der Waals surface area contributed by atoms with Gasteiger partial charge in [0.1, 0.15) is 11.5 Å². The van der Waals surface area contributed by atoms with Gasteiger partial charge in [0.15, 0.2) is 5.11 Å². The van der Waals surface area contributed by atoms with Crippen LogP contribution in [0.25, 0.3) is 0 Å². The van der Waals surface area contributed by atoms with E-state index in [-0.39, 0.29) is 17.5 Å². The Morgan fingerprint density at radius 2 is 2.26 bits per heavy atom. The van der Waals surface area contributed by atoms with Gasteiger partial charge in [-0.3, -0.25) is 5.43 Å². The maximum absolute atomic E-state index is 9.53. The third-order valence-electron chi connectivity index (χ3n) is 2.18. The number of benzene rings is 1. The zero-order valence-electron chi connectivity index (χ0n) is 10.8. The summed E-state index contributed by atoms with van der Waals surface area (Å²) in [6.07, 6.45) is 1.41. The van der Waals surface area contributed by atoms with Crippen LogP contribution in [0.15, 0.2) is 23.3 Å². The Bertz CT molecular complexity index is 466. The van der Waals surface area contributed by atoms with Gasteiger partial charge >= 0.3 is 0 Å². The highest BCUT2D eigenvalue weighted by molar-refractivity contribution is 7.80. The number of thiocarbonyl (C=S) groups is 1. The molecule has 4 N–H and O–H groups in total. The molecule has 0 amide bonds. The second-order valence-corrected chi connectivity index (χ2v) is 4.35. The second-order valence-electron chi connectivity index (χ2n) is 3.94. The molecular weight excluding hydrogens is 266 g/mol. The van der Waals surface area contributed by atoms with Gasteiger partial charge in [-0.2, -0.15) is 5.10 Å². The lowest BCUT2D eigenvalue weighted by Crippen LogP contribution is -2.40. The number of hydrogen-bond acceptors (Lipinski definition) is 5. The predicted octanol–water partition coefficient (Wildman–Crippen LogP) is 0.931. The largest absolute Gasteiger partial charge is 0.508 e. The van der Waals surface area contributed by atoms with Crippen LogP contribution in [0.5, 0.6) is 11.5 Å². The van der Waals surface area contributed by atoms with Gasteiger partial charge in [0.2, 0.25) is 0 Å². The molecule has 0 aliphatic carbocycles. The molecule has 0 bridgehead atoms. The molecule has 6 nitrogen and oxygen atoms in total. The summed E-state index contributed by atoms with van der Waals surface area (Å²) in [6.45, 7) is 2.46. The Hall–Kier alpha value is -1.86. The highest BCUT2D eigenvalue weighted by atomic mass is 32.1. The number of hydrogen-bond donors (Lipinski definition) is 4. The summed E-state index contributed by atoms with van der Waals surface area (Å²) in [5, 5.41) is 25.9. The molecule has 104 valence electrons. The van der Waals surface area contributed by atoms with Crippen molar-refractivity contribution < 1.29 is 14.9 Å². The maximum atomic E-state index is 9.53. The van der Waals surface area contributed by atoms with Crippen LogP contribution in [0.2, 0.25) is 0 Å². The number of nitrogens with zero attached hydrogens (tertiary/aromatic N) is 1. The van der Waals surface area contributed by atoms with Crippen LogP contribution in [0.4, 0.5) is 0 Å². The van der Waals surface area contributed by atoms with Crippen LogP contribution in [0.3, 0.4) is 0 Å². The van der Waals surface area contributed by atoms with E-state index < -0.39 is 0 Å². The zero-order valence-corrected chi connectivity index (χ0v) is 11.6. The molecule has 1 aromatic carbocycles. The van der Waals surface area contributed by atoms with Crippen molar-refractivity contribution in [2.24, 2.45) is 5.10 Å². The first-order valence-electron chi connectivity index (χ1n) is 5.63.